The Kier molecular flexibility index (Phi) is 5.06. The number of halogens is 1. The molecule has 2 aromatic carbocycles. The molecule has 2 aliphatic rings. The molecule has 0 saturated carbocycles. The smallest absolute Gasteiger partial charge is 0.255 e. The monoisotopic (exact) mass is 435 g/mol. The van der Waals surface area contributed by atoms with Gasteiger partial charge >= 0.3 is 0 Å². The van der Waals surface area contributed by atoms with E-state index >= 15 is 0 Å². The average Bonchev–Trinajstić information content (AvgIpc) is 2.74. The summed E-state index contributed by atoms with van der Waals surface area (Å²) in [5, 5.41) is 0.862. The summed E-state index contributed by atoms with van der Waals surface area (Å²) in [7, 11) is 1.67. The maximum absolute atomic E-state index is 13.6. The molecule has 5 rings (SSSR count). The Labute approximate surface area is 186 Å². The van der Waals surface area contributed by atoms with Crippen LogP contribution in [0, 0.1) is 12.8 Å². The Morgan fingerprint density at radius 3 is 2.35 bits per heavy atom. The molecule has 0 bridgehead atoms. The number of aromatic nitrogens is 1. The highest BCUT2D eigenvalue weighted by molar-refractivity contribution is 6.21. The Bertz CT molecular complexity index is 1230. The van der Waals surface area contributed by atoms with Crippen LogP contribution in [0.15, 0.2) is 54.6 Å². The third kappa shape index (κ3) is 3.01. The van der Waals surface area contributed by atoms with Crippen LogP contribution >= 0.6 is 12.4 Å². The molecule has 3 heterocycles. The Balaban J connectivity index is 0.00000231. The van der Waals surface area contributed by atoms with Crippen molar-refractivity contribution in [1.29, 1.82) is 0 Å². The number of benzene rings is 2. The topological polar surface area (TPSA) is 70.6 Å². The van der Waals surface area contributed by atoms with Crippen LogP contribution in [0.2, 0.25) is 0 Å². The molecule has 1 saturated heterocycles. The molecule has 7 heteroatoms. The third-order valence-electron chi connectivity index (χ3n) is 6.26. The molecule has 3 atom stereocenters. The molecule has 1 fully saturated rings. The first-order chi connectivity index (χ1) is 14.4. The molecule has 6 nitrogen and oxygen atoms in total. The lowest BCUT2D eigenvalue weighted by Crippen LogP contribution is -2.62. The number of imide groups is 1. The first-order valence-electron chi connectivity index (χ1n) is 10.00. The summed E-state index contributed by atoms with van der Waals surface area (Å²) in [6.07, 6.45) is 0. The largest absolute Gasteiger partial charge is 0.337 e. The van der Waals surface area contributed by atoms with E-state index in [4.69, 9.17) is 4.98 Å². The number of hydrogen-bond acceptors (Lipinski definition) is 4. The van der Waals surface area contributed by atoms with Gasteiger partial charge in [0, 0.05) is 12.4 Å². The zero-order valence-corrected chi connectivity index (χ0v) is 18.2. The highest BCUT2D eigenvalue weighted by Crippen LogP contribution is 2.42. The number of aryl methyl sites for hydroxylation is 1. The normalized spacial score (nSPS) is 22.8. The number of nitrogens with zero attached hydrogens (tertiary/aromatic N) is 3. The lowest BCUT2D eigenvalue weighted by Gasteiger charge is -2.47. The Morgan fingerprint density at radius 1 is 0.935 bits per heavy atom. The van der Waals surface area contributed by atoms with E-state index in [1.54, 1.807) is 43.1 Å². The zero-order valence-electron chi connectivity index (χ0n) is 17.4. The second-order valence-electron chi connectivity index (χ2n) is 8.14. The zero-order chi connectivity index (χ0) is 21.2. The molecule has 0 N–H and O–H groups in total. The fraction of sp³-hybridized carbons (Fsp3) is 0.250. The third-order valence-corrected chi connectivity index (χ3v) is 6.26. The molecule has 0 spiro atoms. The van der Waals surface area contributed by atoms with Gasteiger partial charge in [-0.05, 0) is 37.3 Å². The summed E-state index contributed by atoms with van der Waals surface area (Å²) >= 11 is 0. The molecule has 0 aliphatic carbocycles. The first-order valence-corrected chi connectivity index (χ1v) is 10.00. The van der Waals surface area contributed by atoms with Gasteiger partial charge in [0.15, 0.2) is 0 Å². The number of rotatable bonds is 1. The summed E-state index contributed by atoms with van der Waals surface area (Å²) in [4.78, 5) is 47.5. The molecule has 0 radical (unpaired) electrons. The van der Waals surface area contributed by atoms with Gasteiger partial charge in [-0.25, -0.2) is 4.90 Å². The number of likely N-dealkylation sites (N-methyl/N-ethyl adjacent to an activating group) is 1. The fourth-order valence-corrected chi connectivity index (χ4v) is 4.75. The molecule has 3 amide bonds. The molecule has 31 heavy (non-hydrogen) atoms. The summed E-state index contributed by atoms with van der Waals surface area (Å²) < 4.78 is 0. The van der Waals surface area contributed by atoms with Gasteiger partial charge < -0.3 is 4.90 Å². The first kappa shape index (κ1) is 21.0. The molecule has 3 aromatic rings. The minimum atomic E-state index is -0.693. The number of para-hydroxylation sites is 1. The molecular formula is C24H22ClN3O3. The van der Waals surface area contributed by atoms with Crippen molar-refractivity contribution in [3.63, 3.8) is 0 Å². The van der Waals surface area contributed by atoms with Gasteiger partial charge in [0.05, 0.1) is 34.4 Å². The lowest BCUT2D eigenvalue weighted by atomic mass is 9.76. The van der Waals surface area contributed by atoms with Gasteiger partial charge in [0.2, 0.25) is 11.8 Å². The van der Waals surface area contributed by atoms with Crippen LogP contribution in [-0.2, 0) is 9.59 Å². The van der Waals surface area contributed by atoms with E-state index in [9.17, 15) is 14.4 Å². The van der Waals surface area contributed by atoms with Crippen molar-refractivity contribution in [3.8, 4) is 0 Å². The van der Waals surface area contributed by atoms with Gasteiger partial charge in [-0.2, -0.15) is 0 Å². The van der Waals surface area contributed by atoms with Crippen LogP contribution in [0.25, 0.3) is 10.9 Å². The summed E-state index contributed by atoms with van der Waals surface area (Å²) in [5.41, 5.74) is 3.24. The van der Waals surface area contributed by atoms with Gasteiger partial charge in [-0.3, -0.25) is 19.4 Å². The highest BCUT2D eigenvalue weighted by atomic mass is 35.5. The van der Waals surface area contributed by atoms with E-state index in [2.05, 4.69) is 0 Å². The van der Waals surface area contributed by atoms with Crippen molar-refractivity contribution in [3.05, 3.63) is 71.4 Å². The van der Waals surface area contributed by atoms with E-state index in [0.29, 0.717) is 16.9 Å². The molecular weight excluding hydrogens is 414 g/mol. The van der Waals surface area contributed by atoms with Crippen molar-refractivity contribution in [2.24, 2.45) is 5.92 Å². The minimum absolute atomic E-state index is 0. The number of fused-ring (bicyclic) bond motifs is 4. The second-order valence-corrected chi connectivity index (χ2v) is 8.14. The van der Waals surface area contributed by atoms with Crippen molar-refractivity contribution < 1.29 is 14.4 Å². The summed E-state index contributed by atoms with van der Waals surface area (Å²) in [5.74, 6) is -2.07. The quantitative estimate of drug-likeness (QED) is 0.546. The van der Waals surface area contributed by atoms with E-state index in [1.807, 2.05) is 37.3 Å². The Hall–Kier alpha value is -3.25. The van der Waals surface area contributed by atoms with Crippen LogP contribution in [0.5, 0.6) is 0 Å². The van der Waals surface area contributed by atoms with Crippen LogP contribution in [-0.4, -0.2) is 40.7 Å². The van der Waals surface area contributed by atoms with E-state index in [1.165, 1.54) is 4.90 Å². The van der Waals surface area contributed by atoms with Crippen molar-refractivity contribution >= 4 is 46.7 Å². The molecule has 3 unspecified atom stereocenters. The predicted octanol–water partition coefficient (Wildman–Crippen LogP) is 3.71. The van der Waals surface area contributed by atoms with Crippen LogP contribution in [0.1, 0.15) is 34.5 Å². The minimum Gasteiger partial charge on any atom is -0.337 e. The van der Waals surface area contributed by atoms with Gasteiger partial charge in [0.25, 0.3) is 5.91 Å². The summed E-state index contributed by atoms with van der Waals surface area (Å²) in [6.45, 7) is 3.76. The van der Waals surface area contributed by atoms with Crippen LogP contribution in [0.4, 0.5) is 5.69 Å². The van der Waals surface area contributed by atoms with Gasteiger partial charge in [-0.15, -0.1) is 12.4 Å². The number of carbonyl (C=O) groups excluding carboxylic acids is 3. The molecule has 158 valence electrons. The maximum atomic E-state index is 13.6. The van der Waals surface area contributed by atoms with Crippen molar-refractivity contribution in [2.45, 2.75) is 25.8 Å². The number of anilines is 1. The fourth-order valence-electron chi connectivity index (χ4n) is 4.75. The average molecular weight is 436 g/mol. The van der Waals surface area contributed by atoms with Gasteiger partial charge in [0.1, 0.15) is 5.92 Å². The SMILES string of the molecule is Cc1ccc2nc3c(cc2c1)C(=O)N(C)C1C(C)C(=O)N(c2ccccc2)C(=O)C31.Cl. The number of carbonyl (C=O) groups is 3. The maximum Gasteiger partial charge on any atom is 0.255 e. The van der Waals surface area contributed by atoms with E-state index in [0.717, 1.165) is 16.5 Å². The van der Waals surface area contributed by atoms with Crippen molar-refractivity contribution in [2.75, 3.05) is 11.9 Å². The standard InChI is InChI=1S/C24H21N3O3.ClH/c1-13-9-10-18-15(11-13)12-17-20(25-18)19-21(26(3)23(17)29)14(2)22(28)27(24(19)30)16-7-5-4-6-8-16;/h4-12,14,19,21H,1-3H3;1H. The second kappa shape index (κ2) is 7.46. The van der Waals surface area contributed by atoms with Gasteiger partial charge in [-0.1, -0.05) is 36.8 Å². The summed E-state index contributed by atoms with van der Waals surface area (Å²) in [6, 6.07) is 16.0. The number of piperidine rings is 1. The van der Waals surface area contributed by atoms with Crippen molar-refractivity contribution in [1.82, 2.24) is 9.88 Å². The number of amides is 3. The molecule has 1 aromatic heterocycles. The van der Waals surface area contributed by atoms with Crippen LogP contribution < -0.4 is 4.90 Å². The number of pyridine rings is 1. The number of hydrogen-bond donors (Lipinski definition) is 0. The Morgan fingerprint density at radius 2 is 1.65 bits per heavy atom. The van der Waals surface area contributed by atoms with E-state index in [-0.39, 0.29) is 30.1 Å². The van der Waals surface area contributed by atoms with E-state index < -0.39 is 17.9 Å². The predicted molar refractivity (Wildman–Crippen MR) is 120 cm³/mol. The molecule has 2 aliphatic heterocycles. The lowest BCUT2D eigenvalue weighted by molar-refractivity contribution is -0.136. The highest BCUT2D eigenvalue weighted by Gasteiger charge is 2.54. The van der Waals surface area contributed by atoms with Crippen LogP contribution in [0.3, 0.4) is 0 Å².